The highest BCUT2D eigenvalue weighted by molar-refractivity contribution is 7.85. The molecule has 3 rings (SSSR count). The molecule has 124 valence electrons. The lowest BCUT2D eigenvalue weighted by Gasteiger charge is -2.24. The van der Waals surface area contributed by atoms with Gasteiger partial charge in [-0.25, -0.2) is 8.42 Å². The van der Waals surface area contributed by atoms with Crippen molar-refractivity contribution in [3.05, 3.63) is 59.7 Å². The highest BCUT2D eigenvalue weighted by atomic mass is 32.2. The van der Waals surface area contributed by atoms with Crippen LogP contribution in [0.1, 0.15) is 17.5 Å². The van der Waals surface area contributed by atoms with Gasteiger partial charge in [0.25, 0.3) is 0 Å². The minimum atomic E-state index is -4.27. The van der Waals surface area contributed by atoms with Crippen molar-refractivity contribution < 1.29 is 22.8 Å². The van der Waals surface area contributed by atoms with E-state index in [2.05, 4.69) is 6.07 Å². The second-order valence-corrected chi connectivity index (χ2v) is 6.72. The van der Waals surface area contributed by atoms with E-state index in [9.17, 15) is 13.0 Å². The average molecular weight is 335 g/mol. The predicted molar refractivity (Wildman–Crippen MR) is 85.4 cm³/mol. The number of benzene rings is 2. The summed E-state index contributed by atoms with van der Waals surface area (Å²) in [5, 5.41) is 8.89. The summed E-state index contributed by atoms with van der Waals surface area (Å²) in [5.41, 5.74) is 2.18. The van der Waals surface area contributed by atoms with Gasteiger partial charge >= 0.3 is 0 Å². The van der Waals surface area contributed by atoms with E-state index in [-0.39, 0.29) is 17.6 Å². The zero-order valence-electron chi connectivity index (χ0n) is 12.8. The highest BCUT2D eigenvalue weighted by Crippen LogP contribution is 2.26. The van der Waals surface area contributed by atoms with Crippen LogP contribution in [-0.4, -0.2) is 30.8 Å². The first-order chi connectivity index (χ1) is 10.9. The maximum atomic E-state index is 10.4. The van der Waals surface area contributed by atoms with Crippen molar-refractivity contribution in [3.8, 4) is 5.75 Å². The summed E-state index contributed by atoms with van der Waals surface area (Å²) in [6.45, 7) is 1.94. The van der Waals surface area contributed by atoms with Gasteiger partial charge in [-0.3, -0.25) is 0 Å². The second-order valence-electron chi connectivity index (χ2n) is 5.34. The van der Waals surface area contributed by atoms with Crippen LogP contribution in [0.5, 0.6) is 5.75 Å². The van der Waals surface area contributed by atoms with Crippen molar-refractivity contribution in [2.45, 2.75) is 30.8 Å². The first kappa shape index (κ1) is 17.5. The molecule has 0 amide bonds. The van der Waals surface area contributed by atoms with Crippen molar-refractivity contribution in [3.63, 3.8) is 0 Å². The molecule has 5 nitrogen and oxygen atoms in total. The predicted octanol–water partition coefficient (Wildman–Crippen LogP) is 2.27. The lowest BCUT2D eigenvalue weighted by atomic mass is 10.0. The van der Waals surface area contributed by atoms with Crippen LogP contribution in [0.4, 0.5) is 0 Å². The highest BCUT2D eigenvalue weighted by Gasteiger charge is 2.17. The summed E-state index contributed by atoms with van der Waals surface area (Å²) >= 11 is 0. The van der Waals surface area contributed by atoms with Crippen molar-refractivity contribution in [1.29, 1.82) is 0 Å². The van der Waals surface area contributed by atoms with Gasteiger partial charge in [-0.2, -0.15) is 0 Å². The molecule has 1 unspecified atom stereocenters. The Bertz CT molecular complexity index is 738. The van der Waals surface area contributed by atoms with Crippen LogP contribution in [0.15, 0.2) is 53.4 Å². The molecule has 0 aliphatic carbocycles. The molecule has 0 aromatic heterocycles. The quantitative estimate of drug-likeness (QED) is 0.851. The maximum Gasteiger partial charge on any atom is 0.124 e. The molecule has 1 N–H and O–H groups in total. The van der Waals surface area contributed by atoms with Gasteiger partial charge in [0.1, 0.15) is 22.0 Å². The van der Waals surface area contributed by atoms with Gasteiger partial charge in [0, 0.05) is 0 Å². The number of aliphatic hydroxyl groups excluding tert-OH is 1. The topological polar surface area (TPSA) is 86.7 Å². The summed E-state index contributed by atoms with van der Waals surface area (Å²) in [7, 11) is -4.27. The Balaban J connectivity index is 0.000000168. The van der Waals surface area contributed by atoms with Crippen molar-refractivity contribution in [2.24, 2.45) is 0 Å². The van der Waals surface area contributed by atoms with Crippen LogP contribution >= 0.6 is 0 Å². The van der Waals surface area contributed by atoms with Crippen molar-refractivity contribution in [1.82, 2.24) is 0 Å². The minimum absolute atomic E-state index is 0.0000926. The van der Waals surface area contributed by atoms with Crippen molar-refractivity contribution in [2.75, 3.05) is 6.61 Å². The standard InChI is InChI=1S/C10H12O2.C7H8O3S/c11-7-9-6-5-8-3-1-2-4-10(8)12-9;1-6-2-4-7(5-3-6)11(8,9)10/h1-4,9,11H,5-7H2;2-5H,1H3,(H,8,9,10)/p-1. The molecule has 1 heterocycles. The van der Waals surface area contributed by atoms with Gasteiger partial charge in [0.2, 0.25) is 0 Å². The molecule has 1 atom stereocenters. The molecule has 0 spiro atoms. The zero-order chi connectivity index (χ0) is 16.9. The molecule has 0 saturated heterocycles. The smallest absolute Gasteiger partial charge is 0.124 e. The van der Waals surface area contributed by atoms with Crippen LogP contribution in [0.2, 0.25) is 0 Å². The molecule has 0 saturated carbocycles. The van der Waals surface area contributed by atoms with E-state index in [0.29, 0.717) is 0 Å². The van der Waals surface area contributed by atoms with Gasteiger partial charge in [0.15, 0.2) is 0 Å². The minimum Gasteiger partial charge on any atom is -0.744 e. The number of para-hydroxylation sites is 1. The summed E-state index contributed by atoms with van der Waals surface area (Å²) in [6.07, 6.45) is 1.94. The van der Waals surface area contributed by atoms with Gasteiger partial charge in [-0.15, -0.1) is 0 Å². The van der Waals surface area contributed by atoms with E-state index in [1.54, 1.807) is 12.1 Å². The largest absolute Gasteiger partial charge is 0.744 e. The van der Waals surface area contributed by atoms with Crippen LogP contribution in [0.25, 0.3) is 0 Å². The average Bonchev–Trinajstić information content (AvgIpc) is 2.54. The van der Waals surface area contributed by atoms with E-state index in [0.717, 1.165) is 24.2 Å². The molecule has 2 aromatic carbocycles. The van der Waals surface area contributed by atoms with Gasteiger partial charge < -0.3 is 14.4 Å². The molecule has 0 radical (unpaired) electrons. The Morgan fingerprint density at radius 2 is 1.83 bits per heavy atom. The van der Waals surface area contributed by atoms with Crippen LogP contribution in [0.3, 0.4) is 0 Å². The first-order valence-corrected chi connectivity index (χ1v) is 8.69. The lowest BCUT2D eigenvalue weighted by Crippen LogP contribution is -2.25. The monoisotopic (exact) mass is 335 g/mol. The summed E-state index contributed by atoms with van der Waals surface area (Å²) in [4.78, 5) is -0.178. The van der Waals surface area contributed by atoms with Crippen LogP contribution in [0, 0.1) is 6.92 Å². The van der Waals surface area contributed by atoms with E-state index < -0.39 is 10.1 Å². The lowest BCUT2D eigenvalue weighted by molar-refractivity contribution is 0.0978. The SMILES string of the molecule is Cc1ccc(S(=O)(=O)[O-])cc1.OCC1CCc2ccccc2O1. The summed E-state index contributed by atoms with van der Waals surface area (Å²) in [5.74, 6) is 0.933. The number of ether oxygens (including phenoxy) is 1. The molecular formula is C17H19O5S-. The van der Waals surface area contributed by atoms with E-state index in [1.807, 2.05) is 25.1 Å². The van der Waals surface area contributed by atoms with Gasteiger partial charge in [-0.1, -0.05) is 35.9 Å². The number of aryl methyl sites for hydroxylation is 2. The third-order valence-corrected chi connectivity index (χ3v) is 4.36. The van der Waals surface area contributed by atoms with Gasteiger partial charge in [0.05, 0.1) is 11.5 Å². The Morgan fingerprint density at radius 3 is 2.43 bits per heavy atom. The second kappa shape index (κ2) is 7.59. The van der Waals surface area contributed by atoms with Crippen LogP contribution < -0.4 is 4.74 Å². The molecule has 0 bridgehead atoms. The normalized spacial score (nSPS) is 16.6. The van der Waals surface area contributed by atoms with Crippen molar-refractivity contribution >= 4 is 10.1 Å². The molecule has 0 fully saturated rings. The molecule has 23 heavy (non-hydrogen) atoms. The Morgan fingerprint density at radius 1 is 1.17 bits per heavy atom. The number of hydrogen-bond acceptors (Lipinski definition) is 5. The van der Waals surface area contributed by atoms with E-state index >= 15 is 0 Å². The molecule has 1 aliphatic heterocycles. The van der Waals surface area contributed by atoms with E-state index in [1.165, 1.54) is 17.7 Å². The third-order valence-electron chi connectivity index (χ3n) is 3.52. The number of aliphatic hydroxyl groups is 1. The summed E-state index contributed by atoms with van der Waals surface area (Å²) in [6, 6.07) is 13.8. The fraction of sp³-hybridized carbons (Fsp3) is 0.294. The Hall–Kier alpha value is -1.89. The van der Waals surface area contributed by atoms with E-state index in [4.69, 9.17) is 9.84 Å². The maximum absolute atomic E-state index is 10.4. The zero-order valence-corrected chi connectivity index (χ0v) is 13.6. The first-order valence-electron chi connectivity index (χ1n) is 7.28. The Kier molecular flexibility index (Phi) is 5.76. The molecule has 1 aliphatic rings. The van der Waals surface area contributed by atoms with Crippen LogP contribution in [-0.2, 0) is 16.5 Å². The molecule has 2 aromatic rings. The Labute approximate surface area is 136 Å². The fourth-order valence-electron chi connectivity index (χ4n) is 2.21. The number of hydrogen-bond donors (Lipinski definition) is 1. The fourth-order valence-corrected chi connectivity index (χ4v) is 2.68. The number of fused-ring (bicyclic) bond motifs is 1. The summed E-state index contributed by atoms with van der Waals surface area (Å²) < 4.78 is 36.7. The molecular weight excluding hydrogens is 316 g/mol. The van der Waals surface area contributed by atoms with Gasteiger partial charge in [-0.05, 0) is 43.5 Å². The number of rotatable bonds is 2. The molecule has 6 heteroatoms. The third kappa shape index (κ3) is 5.06.